The molecule has 1 fully saturated rings. The molecule has 3 aliphatic heterocycles. The van der Waals surface area contributed by atoms with Crippen LogP contribution < -0.4 is 14.8 Å². The molecule has 2 amide bonds. The average Bonchev–Trinajstić information content (AvgIpc) is 3.33. The summed E-state index contributed by atoms with van der Waals surface area (Å²) in [7, 11) is 0. The molecule has 7 heteroatoms. The van der Waals surface area contributed by atoms with Gasteiger partial charge in [0.25, 0.3) is 0 Å². The Kier molecular flexibility index (Phi) is 3.06. The highest BCUT2D eigenvalue weighted by Crippen LogP contribution is 2.44. The van der Waals surface area contributed by atoms with Crippen LogP contribution in [-0.4, -0.2) is 41.1 Å². The van der Waals surface area contributed by atoms with E-state index in [1.54, 1.807) is 4.90 Å². The molecule has 0 bridgehead atoms. The van der Waals surface area contributed by atoms with Gasteiger partial charge in [-0.1, -0.05) is 24.3 Å². The fraction of sp³-hybridized carbons (Fsp3) is 0.238. The molecular weight excluding hydrogens is 358 g/mol. The Hall–Kier alpha value is -3.48. The maximum Gasteiger partial charge on any atom is 0.243 e. The van der Waals surface area contributed by atoms with Crippen molar-refractivity contribution in [2.24, 2.45) is 0 Å². The molecule has 4 heterocycles. The normalized spacial score (nSPS) is 22.8. The van der Waals surface area contributed by atoms with E-state index in [1.165, 1.54) is 0 Å². The summed E-state index contributed by atoms with van der Waals surface area (Å²) in [6.45, 7) is 0.209. The molecule has 2 atom stereocenters. The first-order valence-corrected chi connectivity index (χ1v) is 9.28. The maximum absolute atomic E-state index is 12.9. The third-order valence-corrected chi connectivity index (χ3v) is 5.85. The minimum atomic E-state index is -0.525. The number of amides is 2. The Morgan fingerprint density at radius 1 is 1.04 bits per heavy atom. The first kappa shape index (κ1) is 15.6. The number of carbonyl (C=O) groups is 2. The van der Waals surface area contributed by atoms with Gasteiger partial charge in [0.2, 0.25) is 18.6 Å². The molecule has 7 nitrogen and oxygen atoms in total. The minimum Gasteiger partial charge on any atom is -0.454 e. The first-order chi connectivity index (χ1) is 13.7. The molecule has 0 saturated carbocycles. The number of ether oxygens (including phenoxy) is 2. The number of piperazine rings is 1. The van der Waals surface area contributed by atoms with Gasteiger partial charge in [0.05, 0.1) is 12.6 Å². The second-order valence-corrected chi connectivity index (χ2v) is 7.32. The van der Waals surface area contributed by atoms with Gasteiger partial charge >= 0.3 is 0 Å². The fourth-order valence-corrected chi connectivity index (χ4v) is 4.60. The minimum absolute atomic E-state index is 0.0198. The summed E-state index contributed by atoms with van der Waals surface area (Å²) in [6, 6.07) is 12.8. The van der Waals surface area contributed by atoms with Crippen molar-refractivity contribution in [2.45, 2.75) is 18.5 Å². The molecule has 0 radical (unpaired) electrons. The summed E-state index contributed by atoms with van der Waals surface area (Å²) in [4.78, 5) is 30.7. The number of benzene rings is 2. The zero-order valence-corrected chi connectivity index (χ0v) is 14.9. The van der Waals surface area contributed by atoms with Crippen molar-refractivity contribution in [1.82, 2.24) is 15.2 Å². The van der Waals surface area contributed by atoms with Gasteiger partial charge in [-0.25, -0.2) is 0 Å². The summed E-state index contributed by atoms with van der Waals surface area (Å²) in [5, 5.41) is 3.82. The number of hydrogen-bond donors (Lipinski definition) is 2. The second kappa shape index (κ2) is 5.51. The molecule has 0 aliphatic carbocycles. The van der Waals surface area contributed by atoms with Crippen molar-refractivity contribution >= 4 is 22.7 Å². The Labute approximate surface area is 160 Å². The number of nitrogens with one attached hydrogen (secondary N) is 2. The maximum atomic E-state index is 12.9. The van der Waals surface area contributed by atoms with Crippen LogP contribution >= 0.6 is 0 Å². The summed E-state index contributed by atoms with van der Waals surface area (Å²) >= 11 is 0. The average molecular weight is 375 g/mol. The molecule has 6 rings (SSSR count). The van der Waals surface area contributed by atoms with Crippen molar-refractivity contribution in [1.29, 1.82) is 0 Å². The number of aromatic amines is 1. The van der Waals surface area contributed by atoms with Gasteiger partial charge in [0, 0.05) is 23.0 Å². The lowest BCUT2D eigenvalue weighted by molar-refractivity contribution is -0.148. The number of aromatic nitrogens is 1. The van der Waals surface area contributed by atoms with Crippen molar-refractivity contribution in [2.75, 3.05) is 13.3 Å². The lowest BCUT2D eigenvalue weighted by Crippen LogP contribution is -2.61. The molecule has 1 saturated heterocycles. The van der Waals surface area contributed by atoms with Crippen LogP contribution in [0.3, 0.4) is 0 Å². The Morgan fingerprint density at radius 3 is 2.82 bits per heavy atom. The SMILES string of the molecule is O=C1NCC(=O)N2C1Cc1c([nH]c3ccccc13)C2c1ccc2c(c1)OCO2. The third-order valence-electron chi connectivity index (χ3n) is 5.85. The molecule has 3 aliphatic rings. The highest BCUT2D eigenvalue weighted by atomic mass is 16.7. The quantitative estimate of drug-likeness (QED) is 0.680. The topological polar surface area (TPSA) is 83.7 Å². The van der Waals surface area contributed by atoms with E-state index >= 15 is 0 Å². The monoisotopic (exact) mass is 375 g/mol. The van der Waals surface area contributed by atoms with Crippen LogP contribution in [0.25, 0.3) is 10.9 Å². The smallest absolute Gasteiger partial charge is 0.243 e. The van der Waals surface area contributed by atoms with E-state index in [0.29, 0.717) is 17.9 Å². The summed E-state index contributed by atoms with van der Waals surface area (Å²) in [5.41, 5.74) is 3.94. The van der Waals surface area contributed by atoms with Crippen molar-refractivity contribution in [3.8, 4) is 11.5 Å². The molecule has 28 heavy (non-hydrogen) atoms. The van der Waals surface area contributed by atoms with Crippen LogP contribution in [0.15, 0.2) is 42.5 Å². The predicted molar refractivity (Wildman–Crippen MR) is 100 cm³/mol. The Balaban J connectivity index is 1.60. The van der Waals surface area contributed by atoms with Crippen LogP contribution in [0, 0.1) is 0 Å². The molecule has 2 aromatic carbocycles. The third kappa shape index (κ3) is 2.04. The van der Waals surface area contributed by atoms with Crippen LogP contribution in [0.1, 0.15) is 22.9 Å². The van der Waals surface area contributed by atoms with Gasteiger partial charge in [0.1, 0.15) is 6.04 Å². The van der Waals surface area contributed by atoms with Gasteiger partial charge in [-0.2, -0.15) is 0 Å². The van der Waals surface area contributed by atoms with Crippen molar-refractivity contribution in [3.05, 3.63) is 59.3 Å². The Morgan fingerprint density at radius 2 is 1.89 bits per heavy atom. The number of nitrogens with zero attached hydrogens (tertiary/aromatic N) is 1. The largest absolute Gasteiger partial charge is 0.454 e. The molecule has 140 valence electrons. The number of rotatable bonds is 1. The number of para-hydroxylation sites is 1. The summed E-state index contributed by atoms with van der Waals surface area (Å²) in [6.07, 6.45) is 0.498. The van der Waals surface area contributed by atoms with Gasteiger partial charge in [-0.15, -0.1) is 0 Å². The number of fused-ring (bicyclic) bond motifs is 5. The zero-order valence-electron chi connectivity index (χ0n) is 14.9. The highest BCUT2D eigenvalue weighted by molar-refractivity contribution is 5.97. The van der Waals surface area contributed by atoms with E-state index in [1.807, 2.05) is 36.4 Å². The molecule has 1 aromatic heterocycles. The van der Waals surface area contributed by atoms with Gasteiger partial charge < -0.3 is 24.7 Å². The van der Waals surface area contributed by atoms with E-state index in [4.69, 9.17) is 9.47 Å². The van der Waals surface area contributed by atoms with Crippen LogP contribution in [0.5, 0.6) is 11.5 Å². The predicted octanol–water partition coefficient (Wildman–Crippen LogP) is 1.87. The van der Waals surface area contributed by atoms with Crippen molar-refractivity contribution in [3.63, 3.8) is 0 Å². The lowest BCUT2D eigenvalue weighted by Gasteiger charge is -2.44. The van der Waals surface area contributed by atoms with E-state index in [0.717, 1.165) is 27.7 Å². The molecule has 3 aromatic rings. The van der Waals surface area contributed by atoms with Gasteiger partial charge in [0.15, 0.2) is 11.5 Å². The number of hydrogen-bond acceptors (Lipinski definition) is 4. The van der Waals surface area contributed by atoms with Gasteiger partial charge in [-0.3, -0.25) is 9.59 Å². The van der Waals surface area contributed by atoms with Gasteiger partial charge in [-0.05, 0) is 29.3 Å². The lowest BCUT2D eigenvalue weighted by atomic mass is 9.86. The zero-order chi connectivity index (χ0) is 18.8. The van der Waals surface area contributed by atoms with Crippen LogP contribution in [0.2, 0.25) is 0 Å². The Bertz CT molecular complexity index is 1150. The van der Waals surface area contributed by atoms with E-state index in [2.05, 4.69) is 16.4 Å². The molecule has 2 unspecified atom stereocenters. The highest BCUT2D eigenvalue weighted by Gasteiger charge is 2.45. The molecule has 2 N–H and O–H groups in total. The van der Waals surface area contributed by atoms with E-state index in [-0.39, 0.29) is 31.2 Å². The fourth-order valence-electron chi connectivity index (χ4n) is 4.60. The summed E-state index contributed by atoms with van der Waals surface area (Å²) in [5.74, 6) is 1.15. The standard InChI is InChI=1S/C21H17N3O4/c25-18-9-22-21(26)15-8-13-12-3-1-2-4-14(12)23-19(13)20(24(15)18)11-5-6-16-17(7-11)28-10-27-16/h1-7,15,20,23H,8-10H2,(H,22,26). The number of carbonyl (C=O) groups excluding carboxylic acids is 2. The van der Waals surface area contributed by atoms with Crippen molar-refractivity contribution < 1.29 is 19.1 Å². The molecule has 0 spiro atoms. The first-order valence-electron chi connectivity index (χ1n) is 9.28. The molecular formula is C21H17N3O4. The summed E-state index contributed by atoms with van der Waals surface area (Å²) < 4.78 is 11.0. The van der Waals surface area contributed by atoms with Crippen LogP contribution in [0.4, 0.5) is 0 Å². The van der Waals surface area contributed by atoms with E-state index < -0.39 is 6.04 Å². The van der Waals surface area contributed by atoms with E-state index in [9.17, 15) is 9.59 Å². The van der Waals surface area contributed by atoms with Crippen LogP contribution in [-0.2, 0) is 16.0 Å². The second-order valence-electron chi connectivity index (χ2n) is 7.32. The number of H-pyrrole nitrogens is 1.